The maximum absolute atomic E-state index is 12.8. The van der Waals surface area contributed by atoms with Crippen molar-refractivity contribution in [2.75, 3.05) is 25.6 Å². The molecule has 0 fully saturated rings. The van der Waals surface area contributed by atoms with Crippen molar-refractivity contribution in [3.8, 4) is 0 Å². The zero-order valence-electron chi connectivity index (χ0n) is 15.6. The van der Waals surface area contributed by atoms with Crippen LogP contribution >= 0.6 is 0 Å². The van der Waals surface area contributed by atoms with Crippen LogP contribution in [0.4, 0.5) is 5.69 Å². The summed E-state index contributed by atoms with van der Waals surface area (Å²) < 4.78 is 6.62. The standard InChI is InChI=1S/C20H22N4O3/c1-13-14(19(25)21-11-12-27-3)8-6-9-16(13)22-20(26)18-15-7-4-5-10-17(15)24(2)23-18/h4-10H,11-12H2,1-3H3,(H,21,25)(H,22,26). The SMILES string of the molecule is COCCNC(=O)c1cccc(NC(=O)c2nn(C)c3ccccc23)c1C. The zero-order chi connectivity index (χ0) is 19.4. The number of hydrogen-bond donors (Lipinski definition) is 2. The number of rotatable bonds is 6. The van der Waals surface area contributed by atoms with E-state index in [-0.39, 0.29) is 11.8 Å². The molecule has 0 aliphatic carbocycles. The van der Waals surface area contributed by atoms with Gasteiger partial charge < -0.3 is 15.4 Å². The summed E-state index contributed by atoms with van der Waals surface area (Å²) in [4.78, 5) is 25.1. The van der Waals surface area contributed by atoms with Crippen LogP contribution in [0.15, 0.2) is 42.5 Å². The number of aryl methyl sites for hydroxylation is 1. The Morgan fingerprint density at radius 1 is 1.11 bits per heavy atom. The predicted octanol–water partition coefficient (Wildman–Crippen LogP) is 2.51. The Kier molecular flexibility index (Phi) is 5.52. The third-order valence-corrected chi connectivity index (χ3v) is 4.39. The molecular formula is C20H22N4O3. The molecule has 0 atom stereocenters. The molecule has 0 aliphatic rings. The highest BCUT2D eigenvalue weighted by molar-refractivity contribution is 6.12. The van der Waals surface area contributed by atoms with Crippen molar-refractivity contribution in [3.63, 3.8) is 0 Å². The van der Waals surface area contributed by atoms with E-state index in [9.17, 15) is 9.59 Å². The van der Waals surface area contributed by atoms with E-state index in [1.807, 2.05) is 24.3 Å². The number of carbonyl (C=O) groups is 2. The van der Waals surface area contributed by atoms with E-state index in [1.54, 1.807) is 44.0 Å². The van der Waals surface area contributed by atoms with Crippen molar-refractivity contribution >= 4 is 28.4 Å². The molecule has 7 heteroatoms. The molecule has 2 amide bonds. The van der Waals surface area contributed by atoms with Crippen LogP contribution in [0.5, 0.6) is 0 Å². The van der Waals surface area contributed by atoms with Crippen LogP contribution in [-0.2, 0) is 11.8 Å². The van der Waals surface area contributed by atoms with Gasteiger partial charge in [-0.15, -0.1) is 0 Å². The normalized spacial score (nSPS) is 10.8. The van der Waals surface area contributed by atoms with E-state index < -0.39 is 0 Å². The van der Waals surface area contributed by atoms with Gasteiger partial charge in [0.1, 0.15) is 0 Å². The largest absolute Gasteiger partial charge is 0.383 e. The maximum atomic E-state index is 12.8. The molecule has 1 heterocycles. The maximum Gasteiger partial charge on any atom is 0.276 e. The summed E-state index contributed by atoms with van der Waals surface area (Å²) in [5, 5.41) is 10.8. The molecule has 140 valence electrons. The molecule has 2 aromatic carbocycles. The Morgan fingerprint density at radius 3 is 2.67 bits per heavy atom. The molecule has 2 N–H and O–H groups in total. The Hall–Kier alpha value is -3.19. The van der Waals surface area contributed by atoms with Crippen LogP contribution in [0.1, 0.15) is 26.4 Å². The Balaban J connectivity index is 1.84. The van der Waals surface area contributed by atoms with Crippen molar-refractivity contribution < 1.29 is 14.3 Å². The first-order chi connectivity index (χ1) is 13.0. The van der Waals surface area contributed by atoms with Gasteiger partial charge in [-0.05, 0) is 30.7 Å². The molecule has 1 aromatic heterocycles. The average molecular weight is 366 g/mol. The van der Waals surface area contributed by atoms with Gasteiger partial charge in [-0.2, -0.15) is 5.10 Å². The Labute approximate surface area is 157 Å². The van der Waals surface area contributed by atoms with Crippen LogP contribution in [0.25, 0.3) is 10.9 Å². The van der Waals surface area contributed by atoms with Gasteiger partial charge >= 0.3 is 0 Å². The molecule has 7 nitrogen and oxygen atoms in total. The lowest BCUT2D eigenvalue weighted by atomic mass is 10.1. The Morgan fingerprint density at radius 2 is 1.89 bits per heavy atom. The molecule has 0 saturated carbocycles. The second-order valence-electron chi connectivity index (χ2n) is 6.17. The minimum absolute atomic E-state index is 0.205. The average Bonchev–Trinajstić information content (AvgIpc) is 3.01. The number of nitrogens with one attached hydrogen (secondary N) is 2. The number of ether oxygens (including phenoxy) is 1. The lowest BCUT2D eigenvalue weighted by Gasteiger charge is -2.12. The minimum atomic E-state index is -0.313. The van der Waals surface area contributed by atoms with E-state index in [4.69, 9.17) is 4.74 Å². The fourth-order valence-electron chi connectivity index (χ4n) is 2.94. The Bertz CT molecular complexity index is 994. The summed E-state index contributed by atoms with van der Waals surface area (Å²) in [6.45, 7) is 2.66. The number of fused-ring (bicyclic) bond motifs is 1. The van der Waals surface area contributed by atoms with Crippen molar-refractivity contribution in [1.29, 1.82) is 0 Å². The minimum Gasteiger partial charge on any atom is -0.383 e. The highest BCUT2D eigenvalue weighted by Crippen LogP contribution is 2.22. The number of aromatic nitrogens is 2. The molecule has 0 aliphatic heterocycles. The van der Waals surface area contributed by atoms with Crippen LogP contribution < -0.4 is 10.6 Å². The summed E-state index contributed by atoms with van der Waals surface area (Å²) in [6, 6.07) is 12.8. The molecule has 0 radical (unpaired) electrons. The van der Waals surface area contributed by atoms with Crippen LogP contribution in [0.3, 0.4) is 0 Å². The van der Waals surface area contributed by atoms with Gasteiger partial charge in [-0.1, -0.05) is 24.3 Å². The predicted molar refractivity (Wildman–Crippen MR) is 104 cm³/mol. The molecule has 0 saturated heterocycles. The van der Waals surface area contributed by atoms with Crippen molar-refractivity contribution in [3.05, 3.63) is 59.3 Å². The number of para-hydroxylation sites is 1. The number of benzene rings is 2. The molecule has 0 bridgehead atoms. The zero-order valence-corrected chi connectivity index (χ0v) is 15.6. The quantitative estimate of drug-likeness (QED) is 0.657. The van der Waals surface area contributed by atoms with Crippen LogP contribution in [0.2, 0.25) is 0 Å². The van der Waals surface area contributed by atoms with Crippen molar-refractivity contribution in [1.82, 2.24) is 15.1 Å². The van der Waals surface area contributed by atoms with Gasteiger partial charge in [0.2, 0.25) is 0 Å². The lowest BCUT2D eigenvalue weighted by molar-refractivity contribution is 0.0935. The van der Waals surface area contributed by atoms with E-state index in [0.29, 0.717) is 35.7 Å². The van der Waals surface area contributed by atoms with Gasteiger partial charge in [-0.25, -0.2) is 0 Å². The van der Waals surface area contributed by atoms with E-state index in [2.05, 4.69) is 15.7 Å². The second kappa shape index (κ2) is 8.01. The highest BCUT2D eigenvalue weighted by atomic mass is 16.5. The lowest BCUT2D eigenvalue weighted by Crippen LogP contribution is -2.27. The van der Waals surface area contributed by atoms with Gasteiger partial charge in [0, 0.05) is 37.3 Å². The number of carbonyl (C=O) groups excluding carboxylic acids is 2. The van der Waals surface area contributed by atoms with Gasteiger partial charge in [0.05, 0.1) is 12.1 Å². The van der Waals surface area contributed by atoms with Crippen LogP contribution in [0, 0.1) is 6.92 Å². The summed E-state index contributed by atoms with van der Waals surface area (Å²) in [5.41, 5.74) is 3.01. The number of amides is 2. The number of methoxy groups -OCH3 is 1. The number of hydrogen-bond acceptors (Lipinski definition) is 4. The van der Waals surface area contributed by atoms with Crippen molar-refractivity contribution in [2.24, 2.45) is 7.05 Å². The monoisotopic (exact) mass is 366 g/mol. The fraction of sp³-hybridized carbons (Fsp3) is 0.250. The summed E-state index contributed by atoms with van der Waals surface area (Å²) in [7, 11) is 3.38. The number of nitrogens with zero attached hydrogens (tertiary/aromatic N) is 2. The molecule has 3 aromatic rings. The number of anilines is 1. The fourth-order valence-corrected chi connectivity index (χ4v) is 2.94. The third-order valence-electron chi connectivity index (χ3n) is 4.39. The molecule has 0 unspecified atom stereocenters. The third kappa shape index (κ3) is 3.83. The highest BCUT2D eigenvalue weighted by Gasteiger charge is 2.18. The summed E-state index contributed by atoms with van der Waals surface area (Å²) >= 11 is 0. The van der Waals surface area contributed by atoms with E-state index in [0.717, 1.165) is 10.9 Å². The van der Waals surface area contributed by atoms with Crippen LogP contribution in [-0.4, -0.2) is 41.9 Å². The van der Waals surface area contributed by atoms with E-state index in [1.165, 1.54) is 0 Å². The van der Waals surface area contributed by atoms with Gasteiger partial charge in [0.15, 0.2) is 5.69 Å². The van der Waals surface area contributed by atoms with Crippen molar-refractivity contribution in [2.45, 2.75) is 6.92 Å². The summed E-state index contributed by atoms with van der Waals surface area (Å²) in [5.74, 6) is -0.518. The second-order valence-corrected chi connectivity index (χ2v) is 6.17. The topological polar surface area (TPSA) is 85.2 Å². The molecule has 27 heavy (non-hydrogen) atoms. The first-order valence-electron chi connectivity index (χ1n) is 8.62. The smallest absolute Gasteiger partial charge is 0.276 e. The summed E-state index contributed by atoms with van der Waals surface area (Å²) in [6.07, 6.45) is 0. The first kappa shape index (κ1) is 18.6. The first-order valence-corrected chi connectivity index (χ1v) is 8.62. The van der Waals surface area contributed by atoms with E-state index >= 15 is 0 Å². The molecule has 3 rings (SSSR count). The molecular weight excluding hydrogens is 344 g/mol. The van der Waals surface area contributed by atoms with Gasteiger partial charge in [0.25, 0.3) is 11.8 Å². The molecule has 0 spiro atoms. The van der Waals surface area contributed by atoms with Gasteiger partial charge in [-0.3, -0.25) is 14.3 Å².